The number of sulfonamides is 1. The van der Waals surface area contributed by atoms with Gasteiger partial charge in [-0.15, -0.1) is 13.2 Å². The predicted octanol–water partition coefficient (Wildman–Crippen LogP) is 3.14. The van der Waals surface area contributed by atoms with Gasteiger partial charge in [0.05, 0.1) is 4.90 Å². The summed E-state index contributed by atoms with van der Waals surface area (Å²) < 4.78 is 67.9. The van der Waals surface area contributed by atoms with Crippen LogP contribution in [0.5, 0.6) is 5.75 Å². The highest BCUT2D eigenvalue weighted by Crippen LogP contribution is 2.22. The number of hydrazine groups is 1. The van der Waals surface area contributed by atoms with Gasteiger partial charge in [0, 0.05) is 17.7 Å². The van der Waals surface area contributed by atoms with Crippen molar-refractivity contribution < 1.29 is 35.9 Å². The number of halogens is 3. The molecule has 0 bridgehead atoms. The van der Waals surface area contributed by atoms with Crippen LogP contribution in [0.4, 0.5) is 13.2 Å². The van der Waals surface area contributed by atoms with E-state index in [-0.39, 0.29) is 22.6 Å². The first kappa shape index (κ1) is 24.7. The van der Waals surface area contributed by atoms with Crippen molar-refractivity contribution in [2.75, 3.05) is 0 Å². The van der Waals surface area contributed by atoms with Crippen LogP contribution in [-0.2, 0) is 16.6 Å². The fourth-order valence-corrected chi connectivity index (χ4v) is 3.79. The smallest absolute Gasteiger partial charge is 0.406 e. The van der Waals surface area contributed by atoms with E-state index in [4.69, 9.17) is 0 Å². The molecule has 0 spiro atoms. The number of nitrogens with one attached hydrogen (secondary N) is 3. The van der Waals surface area contributed by atoms with E-state index in [0.717, 1.165) is 35.9 Å². The molecule has 8 nitrogen and oxygen atoms in total. The van der Waals surface area contributed by atoms with E-state index in [1.54, 1.807) is 30.3 Å². The average Bonchev–Trinajstić information content (AvgIpc) is 2.81. The Hall–Kier alpha value is -3.90. The number of amides is 2. The van der Waals surface area contributed by atoms with Gasteiger partial charge in [-0.3, -0.25) is 20.4 Å². The number of alkyl halides is 3. The van der Waals surface area contributed by atoms with E-state index < -0.39 is 33.9 Å². The van der Waals surface area contributed by atoms with Crippen LogP contribution >= 0.6 is 0 Å². The summed E-state index contributed by atoms with van der Waals surface area (Å²) in [6.45, 7) is 0.0580. The molecule has 34 heavy (non-hydrogen) atoms. The molecule has 0 fully saturated rings. The van der Waals surface area contributed by atoms with Gasteiger partial charge in [0.2, 0.25) is 10.0 Å². The van der Waals surface area contributed by atoms with Gasteiger partial charge < -0.3 is 4.74 Å². The molecule has 0 aliphatic rings. The van der Waals surface area contributed by atoms with E-state index in [1.807, 2.05) is 0 Å². The third kappa shape index (κ3) is 7.05. The zero-order valence-electron chi connectivity index (χ0n) is 17.3. The molecular weight excluding hydrogens is 475 g/mol. The Morgan fingerprint density at radius 1 is 0.794 bits per heavy atom. The lowest BCUT2D eigenvalue weighted by Crippen LogP contribution is -2.41. The Kier molecular flexibility index (Phi) is 7.54. The average molecular weight is 493 g/mol. The number of carbonyl (C=O) groups excluding carboxylic acids is 2. The van der Waals surface area contributed by atoms with Gasteiger partial charge in [-0.2, -0.15) is 0 Å². The summed E-state index contributed by atoms with van der Waals surface area (Å²) in [7, 11) is -3.92. The minimum atomic E-state index is -4.86. The molecule has 0 saturated carbocycles. The summed E-state index contributed by atoms with van der Waals surface area (Å²) in [5.74, 6) is -2.11. The van der Waals surface area contributed by atoms with Crippen molar-refractivity contribution in [1.82, 2.24) is 15.6 Å². The zero-order valence-corrected chi connectivity index (χ0v) is 18.1. The monoisotopic (exact) mass is 493 g/mol. The Balaban J connectivity index is 1.60. The molecule has 12 heteroatoms. The zero-order chi connectivity index (χ0) is 24.8. The lowest BCUT2D eigenvalue weighted by Gasteiger charge is -2.11. The van der Waals surface area contributed by atoms with Crippen molar-refractivity contribution >= 4 is 21.8 Å². The molecule has 0 saturated heterocycles. The molecule has 3 rings (SSSR count). The van der Waals surface area contributed by atoms with Gasteiger partial charge in [-0.25, -0.2) is 13.1 Å². The molecule has 2 amide bonds. The standard InChI is InChI=1S/C22H18F3N3O5S/c23-22(24,25)33-18-11-9-16(10-12-18)20(29)27-28-21(30)17-7-4-8-19(13-17)34(31,32)26-14-15-5-2-1-3-6-15/h1-13,26H,14H2,(H,27,29)(H,28,30). The number of rotatable bonds is 7. The van der Waals surface area contributed by atoms with Crippen LogP contribution in [-0.4, -0.2) is 26.6 Å². The van der Waals surface area contributed by atoms with Gasteiger partial charge in [0.1, 0.15) is 5.75 Å². The summed E-state index contributed by atoms with van der Waals surface area (Å²) >= 11 is 0. The molecule has 3 N–H and O–H groups in total. The minimum absolute atomic E-state index is 0.0446. The van der Waals surface area contributed by atoms with Gasteiger partial charge >= 0.3 is 6.36 Å². The minimum Gasteiger partial charge on any atom is -0.406 e. The van der Waals surface area contributed by atoms with Crippen molar-refractivity contribution in [3.63, 3.8) is 0 Å². The van der Waals surface area contributed by atoms with E-state index in [9.17, 15) is 31.2 Å². The van der Waals surface area contributed by atoms with Crippen LogP contribution in [0.15, 0.2) is 83.8 Å². The summed E-state index contributed by atoms with van der Waals surface area (Å²) in [6, 6.07) is 18.1. The van der Waals surface area contributed by atoms with Gasteiger partial charge in [-0.05, 0) is 48.0 Å². The van der Waals surface area contributed by atoms with Crippen molar-refractivity contribution in [3.8, 4) is 5.75 Å². The first-order chi connectivity index (χ1) is 16.0. The fourth-order valence-electron chi connectivity index (χ4n) is 2.73. The fraction of sp³-hybridized carbons (Fsp3) is 0.0909. The first-order valence-corrected chi connectivity index (χ1v) is 11.1. The predicted molar refractivity (Wildman–Crippen MR) is 115 cm³/mol. The molecule has 0 aliphatic carbocycles. The van der Waals surface area contributed by atoms with E-state index in [0.29, 0.717) is 0 Å². The number of carbonyl (C=O) groups is 2. The molecular formula is C22H18F3N3O5S. The Morgan fingerprint density at radius 3 is 2.03 bits per heavy atom. The Bertz CT molecular complexity index is 1260. The van der Waals surface area contributed by atoms with E-state index in [1.165, 1.54) is 18.2 Å². The summed E-state index contributed by atoms with van der Waals surface area (Å²) in [5, 5.41) is 0. The van der Waals surface area contributed by atoms with Crippen molar-refractivity contribution in [2.45, 2.75) is 17.8 Å². The van der Waals surface area contributed by atoms with Crippen LogP contribution in [0.1, 0.15) is 26.3 Å². The van der Waals surface area contributed by atoms with Crippen LogP contribution in [0.3, 0.4) is 0 Å². The third-order valence-corrected chi connectivity index (χ3v) is 5.75. The molecule has 0 atom stereocenters. The lowest BCUT2D eigenvalue weighted by molar-refractivity contribution is -0.274. The van der Waals surface area contributed by atoms with Crippen molar-refractivity contribution in [2.24, 2.45) is 0 Å². The van der Waals surface area contributed by atoms with Gasteiger partial charge in [0.25, 0.3) is 11.8 Å². The molecule has 3 aromatic carbocycles. The molecule has 0 aromatic heterocycles. The highest BCUT2D eigenvalue weighted by atomic mass is 32.2. The highest BCUT2D eigenvalue weighted by molar-refractivity contribution is 7.89. The van der Waals surface area contributed by atoms with Crippen LogP contribution in [0.2, 0.25) is 0 Å². The topological polar surface area (TPSA) is 114 Å². The lowest BCUT2D eigenvalue weighted by atomic mass is 10.2. The normalized spacial score (nSPS) is 11.5. The van der Waals surface area contributed by atoms with E-state index >= 15 is 0 Å². The number of hydrogen-bond acceptors (Lipinski definition) is 5. The van der Waals surface area contributed by atoms with Crippen molar-refractivity contribution in [3.05, 3.63) is 95.6 Å². The Labute approximate surface area is 192 Å². The molecule has 0 radical (unpaired) electrons. The molecule has 178 valence electrons. The van der Waals surface area contributed by atoms with Crippen LogP contribution in [0.25, 0.3) is 0 Å². The number of ether oxygens (including phenoxy) is 1. The maximum Gasteiger partial charge on any atom is 0.573 e. The maximum atomic E-state index is 12.6. The van der Waals surface area contributed by atoms with Gasteiger partial charge in [-0.1, -0.05) is 36.4 Å². The number of benzene rings is 3. The van der Waals surface area contributed by atoms with Crippen LogP contribution < -0.4 is 20.3 Å². The summed E-state index contributed by atoms with van der Waals surface area (Å²) in [6.07, 6.45) is -4.86. The van der Waals surface area contributed by atoms with Crippen LogP contribution in [0, 0.1) is 0 Å². The molecule has 3 aromatic rings. The highest BCUT2D eigenvalue weighted by Gasteiger charge is 2.31. The van der Waals surface area contributed by atoms with Crippen molar-refractivity contribution in [1.29, 1.82) is 0 Å². The molecule has 0 heterocycles. The second-order valence-corrected chi connectivity index (χ2v) is 8.59. The molecule has 0 unspecified atom stereocenters. The van der Waals surface area contributed by atoms with E-state index in [2.05, 4.69) is 20.3 Å². The number of hydrogen-bond donors (Lipinski definition) is 3. The Morgan fingerprint density at radius 2 is 1.41 bits per heavy atom. The third-order valence-electron chi connectivity index (χ3n) is 4.36. The van der Waals surface area contributed by atoms with Gasteiger partial charge in [0.15, 0.2) is 0 Å². The first-order valence-electron chi connectivity index (χ1n) is 9.64. The maximum absolute atomic E-state index is 12.6. The summed E-state index contributed by atoms with van der Waals surface area (Å²) in [4.78, 5) is 24.3. The second kappa shape index (κ2) is 10.4. The SMILES string of the molecule is O=C(NNC(=O)c1cccc(S(=O)(=O)NCc2ccccc2)c1)c1ccc(OC(F)(F)F)cc1. The quantitative estimate of drug-likeness (QED) is 0.438. The molecule has 0 aliphatic heterocycles. The summed E-state index contributed by atoms with van der Waals surface area (Å²) in [5.41, 5.74) is 4.89. The largest absolute Gasteiger partial charge is 0.573 e. The second-order valence-electron chi connectivity index (χ2n) is 6.82.